The van der Waals surface area contributed by atoms with Crippen molar-refractivity contribution < 1.29 is 0 Å². The molecule has 0 amide bonds. The topological polar surface area (TPSA) is 42.1 Å². The van der Waals surface area contributed by atoms with Gasteiger partial charge in [-0.3, -0.25) is 4.98 Å². The number of thiophene rings is 1. The molecule has 3 nitrogen and oxygen atoms in total. The van der Waals surface area contributed by atoms with E-state index in [2.05, 4.69) is 50.4 Å². The number of anilines is 2. The molecule has 0 fully saturated rings. The van der Waals surface area contributed by atoms with Crippen LogP contribution in [-0.4, -0.2) is 18.6 Å². The first-order chi connectivity index (χ1) is 10.1. The number of likely N-dealkylation sites (N-methyl/N-ethyl adjacent to an activating group) is 1. The van der Waals surface area contributed by atoms with E-state index in [1.807, 2.05) is 24.4 Å². The van der Waals surface area contributed by atoms with Crippen LogP contribution in [0.4, 0.5) is 11.4 Å². The van der Waals surface area contributed by atoms with Crippen LogP contribution in [0, 0.1) is 0 Å². The van der Waals surface area contributed by atoms with E-state index in [4.69, 9.17) is 5.73 Å². The Morgan fingerprint density at radius 3 is 2.95 bits per heavy atom. The number of aromatic nitrogens is 1. The van der Waals surface area contributed by atoms with Crippen molar-refractivity contribution >= 4 is 49.5 Å². The second kappa shape index (κ2) is 6.03. The number of benzene rings is 1. The first-order valence-electron chi connectivity index (χ1n) is 6.72. The standard InChI is InChI=1S/C16H16BrN3S/c1-20(7-6-12-3-2-8-21-12)15-5-4-14(18)13-9-11(17)10-19-16(13)15/h2-5,8-10H,6-7,18H2,1H3. The minimum atomic E-state index is 0.759. The Kier molecular flexibility index (Phi) is 4.12. The number of hydrogen-bond donors (Lipinski definition) is 1. The van der Waals surface area contributed by atoms with Crippen LogP contribution in [0.2, 0.25) is 0 Å². The van der Waals surface area contributed by atoms with Gasteiger partial charge in [0.05, 0.1) is 11.2 Å². The minimum absolute atomic E-state index is 0.759. The lowest BCUT2D eigenvalue weighted by atomic mass is 10.1. The van der Waals surface area contributed by atoms with Gasteiger partial charge < -0.3 is 10.6 Å². The second-order valence-electron chi connectivity index (χ2n) is 4.97. The second-order valence-corrected chi connectivity index (χ2v) is 6.92. The molecule has 0 spiro atoms. The summed E-state index contributed by atoms with van der Waals surface area (Å²) < 4.78 is 0.945. The molecule has 21 heavy (non-hydrogen) atoms. The largest absolute Gasteiger partial charge is 0.398 e. The van der Waals surface area contributed by atoms with Crippen molar-refractivity contribution in [3.05, 3.63) is 51.3 Å². The molecule has 2 N–H and O–H groups in total. The summed E-state index contributed by atoms with van der Waals surface area (Å²) >= 11 is 5.25. The van der Waals surface area contributed by atoms with Crippen molar-refractivity contribution in [1.29, 1.82) is 0 Å². The fourth-order valence-corrected chi connectivity index (χ4v) is 3.39. The maximum Gasteiger partial charge on any atom is 0.0956 e. The lowest BCUT2D eigenvalue weighted by molar-refractivity contribution is 0.890. The van der Waals surface area contributed by atoms with Gasteiger partial charge in [-0.2, -0.15) is 0 Å². The number of nitrogens with zero attached hydrogens (tertiary/aromatic N) is 2. The van der Waals surface area contributed by atoms with Crippen LogP contribution in [0.25, 0.3) is 10.9 Å². The van der Waals surface area contributed by atoms with Crippen molar-refractivity contribution in [2.75, 3.05) is 24.2 Å². The van der Waals surface area contributed by atoms with Gasteiger partial charge in [-0.25, -0.2) is 0 Å². The first kappa shape index (κ1) is 14.4. The third-order valence-electron chi connectivity index (χ3n) is 3.51. The monoisotopic (exact) mass is 361 g/mol. The number of nitrogen functional groups attached to an aromatic ring is 1. The lowest BCUT2D eigenvalue weighted by Crippen LogP contribution is -2.20. The molecule has 0 saturated carbocycles. The van der Waals surface area contributed by atoms with Crippen LogP contribution < -0.4 is 10.6 Å². The summed E-state index contributed by atoms with van der Waals surface area (Å²) in [6, 6.07) is 10.3. The van der Waals surface area contributed by atoms with Crippen LogP contribution in [0.5, 0.6) is 0 Å². The van der Waals surface area contributed by atoms with E-state index >= 15 is 0 Å². The van der Waals surface area contributed by atoms with E-state index in [-0.39, 0.29) is 0 Å². The number of rotatable bonds is 4. The lowest BCUT2D eigenvalue weighted by Gasteiger charge is -2.21. The van der Waals surface area contributed by atoms with Gasteiger partial charge in [-0.05, 0) is 52.0 Å². The molecule has 0 aliphatic heterocycles. The molecular weight excluding hydrogens is 346 g/mol. The summed E-state index contributed by atoms with van der Waals surface area (Å²) in [4.78, 5) is 8.18. The van der Waals surface area contributed by atoms with Crippen LogP contribution in [0.3, 0.4) is 0 Å². The number of fused-ring (bicyclic) bond motifs is 1. The zero-order valence-corrected chi connectivity index (χ0v) is 14.1. The maximum absolute atomic E-state index is 6.07. The van der Waals surface area contributed by atoms with Crippen molar-refractivity contribution in [3.63, 3.8) is 0 Å². The van der Waals surface area contributed by atoms with E-state index in [1.165, 1.54) is 4.88 Å². The molecule has 3 rings (SSSR count). The summed E-state index contributed by atoms with van der Waals surface area (Å²) in [6.45, 7) is 0.956. The van der Waals surface area contributed by atoms with E-state index in [9.17, 15) is 0 Å². The van der Waals surface area contributed by atoms with Crippen molar-refractivity contribution in [2.24, 2.45) is 0 Å². The van der Waals surface area contributed by atoms with Crippen molar-refractivity contribution in [1.82, 2.24) is 4.98 Å². The van der Waals surface area contributed by atoms with Gasteiger partial charge in [0, 0.05) is 40.2 Å². The third kappa shape index (κ3) is 3.04. The van der Waals surface area contributed by atoms with E-state index in [1.54, 1.807) is 11.3 Å². The molecule has 0 aliphatic rings. The highest BCUT2D eigenvalue weighted by Gasteiger charge is 2.10. The Labute approximate surface area is 136 Å². The maximum atomic E-state index is 6.07. The van der Waals surface area contributed by atoms with Gasteiger partial charge in [-0.15, -0.1) is 11.3 Å². The Morgan fingerprint density at radius 2 is 2.19 bits per heavy atom. The average molecular weight is 362 g/mol. The Hall–Kier alpha value is -1.59. The quantitative estimate of drug-likeness (QED) is 0.703. The Balaban J connectivity index is 1.90. The van der Waals surface area contributed by atoms with Gasteiger partial charge in [0.1, 0.15) is 0 Å². The molecule has 0 bridgehead atoms. The highest BCUT2D eigenvalue weighted by molar-refractivity contribution is 9.10. The van der Waals surface area contributed by atoms with E-state index in [0.717, 1.165) is 39.7 Å². The highest BCUT2D eigenvalue weighted by atomic mass is 79.9. The number of pyridine rings is 1. The van der Waals surface area contributed by atoms with E-state index < -0.39 is 0 Å². The smallest absolute Gasteiger partial charge is 0.0956 e. The molecule has 0 unspecified atom stereocenters. The molecule has 0 aliphatic carbocycles. The van der Waals surface area contributed by atoms with Gasteiger partial charge in [0.15, 0.2) is 0 Å². The number of halogens is 1. The Morgan fingerprint density at radius 1 is 1.33 bits per heavy atom. The average Bonchev–Trinajstić information content (AvgIpc) is 2.99. The summed E-state index contributed by atoms with van der Waals surface area (Å²) in [5.74, 6) is 0. The Bertz CT molecular complexity index is 756. The normalized spacial score (nSPS) is 11.0. The van der Waals surface area contributed by atoms with Crippen molar-refractivity contribution in [2.45, 2.75) is 6.42 Å². The predicted octanol–water partition coefficient (Wildman–Crippen LogP) is 4.32. The van der Waals surface area contributed by atoms with Crippen LogP contribution in [0.1, 0.15) is 4.88 Å². The van der Waals surface area contributed by atoms with Gasteiger partial charge in [0.2, 0.25) is 0 Å². The first-order valence-corrected chi connectivity index (χ1v) is 8.39. The van der Waals surface area contributed by atoms with Crippen molar-refractivity contribution in [3.8, 4) is 0 Å². The minimum Gasteiger partial charge on any atom is -0.398 e. The van der Waals surface area contributed by atoms with E-state index in [0.29, 0.717) is 0 Å². The summed E-state index contributed by atoms with van der Waals surface area (Å²) in [5.41, 5.74) is 8.89. The van der Waals surface area contributed by atoms with Crippen LogP contribution in [-0.2, 0) is 6.42 Å². The molecule has 2 aromatic heterocycles. The summed E-state index contributed by atoms with van der Waals surface area (Å²) in [6.07, 6.45) is 2.86. The number of nitrogens with two attached hydrogens (primary N) is 1. The van der Waals surface area contributed by atoms with Crippen LogP contribution >= 0.6 is 27.3 Å². The third-order valence-corrected chi connectivity index (χ3v) is 4.88. The molecule has 0 radical (unpaired) electrons. The molecule has 1 aromatic carbocycles. The van der Waals surface area contributed by atoms with Gasteiger partial charge in [0.25, 0.3) is 0 Å². The zero-order chi connectivity index (χ0) is 14.8. The zero-order valence-electron chi connectivity index (χ0n) is 11.7. The summed E-state index contributed by atoms with van der Waals surface area (Å²) in [5, 5.41) is 3.11. The fraction of sp³-hybridized carbons (Fsp3) is 0.188. The molecule has 0 saturated heterocycles. The molecule has 3 aromatic rings. The molecule has 108 valence electrons. The highest BCUT2D eigenvalue weighted by Crippen LogP contribution is 2.30. The molecule has 5 heteroatoms. The molecular formula is C16H16BrN3S. The van der Waals surface area contributed by atoms with Gasteiger partial charge >= 0.3 is 0 Å². The number of hydrogen-bond acceptors (Lipinski definition) is 4. The molecule has 2 heterocycles. The SMILES string of the molecule is CN(CCc1cccs1)c1ccc(N)c2cc(Br)cnc12. The van der Waals surface area contributed by atoms with Gasteiger partial charge in [-0.1, -0.05) is 6.07 Å². The predicted molar refractivity (Wildman–Crippen MR) is 95.1 cm³/mol. The summed E-state index contributed by atoms with van der Waals surface area (Å²) in [7, 11) is 2.10. The van der Waals surface area contributed by atoms with Crippen LogP contribution in [0.15, 0.2) is 46.4 Å². The fourth-order valence-electron chi connectivity index (χ4n) is 2.36. The molecule has 0 atom stereocenters.